The number of rotatable bonds is 2. The van der Waals surface area contributed by atoms with Gasteiger partial charge in [-0.15, -0.1) is 0 Å². The summed E-state index contributed by atoms with van der Waals surface area (Å²) in [6.45, 7) is -3.33. The highest BCUT2D eigenvalue weighted by molar-refractivity contribution is 5.29. The van der Waals surface area contributed by atoms with Crippen LogP contribution in [0.2, 0.25) is 0 Å². The molecule has 0 nitrogen and oxygen atoms in total. The average Bonchev–Trinajstić information content (AvgIpc) is 2.16. The Bertz CT molecular complexity index is 328. The Morgan fingerprint density at radius 1 is 0.571 bits per heavy atom. The van der Waals surface area contributed by atoms with Gasteiger partial charge in [0.05, 0.1) is 11.1 Å². The van der Waals surface area contributed by atoms with E-state index in [1.165, 1.54) is 0 Å². The summed E-state index contributed by atoms with van der Waals surface area (Å²) in [5.41, 5.74) is -2.59. The summed E-state index contributed by atoms with van der Waals surface area (Å²) in [5, 5.41) is 0. The highest BCUT2D eigenvalue weighted by Crippen LogP contribution is 2.25. The van der Waals surface area contributed by atoms with Gasteiger partial charge >= 0.3 is 0 Å². The first kappa shape index (κ1) is 10.9. The van der Waals surface area contributed by atoms with Gasteiger partial charge in [-0.05, 0) is 0 Å². The minimum Gasteiger partial charge on any atom is -0.246 e. The molecular formula is C8H4F6. The Labute approximate surface area is 75.2 Å². The van der Waals surface area contributed by atoms with Crippen molar-refractivity contribution in [3.8, 4) is 0 Å². The van der Waals surface area contributed by atoms with E-state index in [2.05, 4.69) is 0 Å². The fourth-order valence-electron chi connectivity index (χ4n) is 0.971. The Hall–Kier alpha value is -1.20. The van der Waals surface area contributed by atoms with Crippen LogP contribution in [0.25, 0.3) is 0 Å². The van der Waals surface area contributed by atoms with Gasteiger partial charge in [0.1, 0.15) is 19.2 Å². The summed E-state index contributed by atoms with van der Waals surface area (Å²) < 4.78 is 74.6. The van der Waals surface area contributed by atoms with Crippen LogP contribution >= 0.6 is 0 Å². The van der Waals surface area contributed by atoms with E-state index in [1.807, 2.05) is 0 Å². The van der Waals surface area contributed by atoms with Gasteiger partial charge in [0.2, 0.25) is 0 Å². The Balaban J connectivity index is 3.56. The highest BCUT2D eigenvalue weighted by Gasteiger charge is 2.24. The molecule has 0 aromatic heterocycles. The number of hydrogen-bond acceptors (Lipinski definition) is 0. The summed E-state index contributed by atoms with van der Waals surface area (Å²) in [4.78, 5) is 0. The fourth-order valence-corrected chi connectivity index (χ4v) is 0.971. The predicted octanol–water partition coefficient (Wildman–Crippen LogP) is 3.18. The molecule has 0 aliphatic carbocycles. The van der Waals surface area contributed by atoms with Gasteiger partial charge in [-0.3, -0.25) is 0 Å². The van der Waals surface area contributed by atoms with Gasteiger partial charge in [0.15, 0.2) is 17.5 Å². The van der Waals surface area contributed by atoms with Crippen molar-refractivity contribution < 1.29 is 26.3 Å². The molecule has 0 N–H and O–H groups in total. The molecule has 1 aromatic carbocycles. The summed E-state index contributed by atoms with van der Waals surface area (Å²) in [7, 11) is 0. The molecule has 6 heteroatoms. The normalized spacial score (nSPS) is 10.7. The standard InChI is InChI=1S/C8H4F6/c9-1-3-5(11)4(2-10)7(13)8(14)6(3)12/h1-2H2. The van der Waals surface area contributed by atoms with Crippen molar-refractivity contribution in [1.82, 2.24) is 0 Å². The second kappa shape index (κ2) is 3.89. The van der Waals surface area contributed by atoms with E-state index in [9.17, 15) is 26.3 Å². The lowest BCUT2D eigenvalue weighted by atomic mass is 10.1. The Kier molecular flexibility index (Phi) is 3.03. The first-order valence-corrected chi connectivity index (χ1v) is 3.50. The van der Waals surface area contributed by atoms with E-state index < -0.39 is 47.7 Å². The van der Waals surface area contributed by atoms with Crippen molar-refractivity contribution >= 4 is 0 Å². The fraction of sp³-hybridized carbons (Fsp3) is 0.250. The third-order valence-corrected chi connectivity index (χ3v) is 1.71. The average molecular weight is 214 g/mol. The van der Waals surface area contributed by atoms with Crippen LogP contribution < -0.4 is 0 Å². The van der Waals surface area contributed by atoms with Gasteiger partial charge < -0.3 is 0 Å². The largest absolute Gasteiger partial charge is 0.246 e. The first-order valence-electron chi connectivity index (χ1n) is 3.50. The molecule has 0 aliphatic heterocycles. The van der Waals surface area contributed by atoms with E-state index in [4.69, 9.17) is 0 Å². The zero-order chi connectivity index (χ0) is 10.9. The van der Waals surface area contributed by atoms with E-state index in [-0.39, 0.29) is 0 Å². The predicted molar refractivity (Wildman–Crippen MR) is 35.9 cm³/mol. The van der Waals surface area contributed by atoms with Crippen LogP contribution in [0, 0.1) is 23.3 Å². The lowest BCUT2D eigenvalue weighted by Crippen LogP contribution is -2.06. The molecule has 0 aliphatic rings. The van der Waals surface area contributed by atoms with Gasteiger partial charge in [0, 0.05) is 0 Å². The first-order chi connectivity index (χ1) is 6.54. The summed E-state index contributed by atoms with van der Waals surface area (Å²) in [5.74, 6) is -7.70. The van der Waals surface area contributed by atoms with Gasteiger partial charge in [-0.2, -0.15) is 0 Å². The quantitative estimate of drug-likeness (QED) is 0.403. The smallest absolute Gasteiger partial charge is 0.195 e. The number of alkyl halides is 2. The van der Waals surface area contributed by atoms with Crippen LogP contribution in [-0.2, 0) is 13.3 Å². The van der Waals surface area contributed by atoms with Crippen molar-refractivity contribution in [3.05, 3.63) is 34.4 Å². The van der Waals surface area contributed by atoms with E-state index >= 15 is 0 Å². The second-order valence-corrected chi connectivity index (χ2v) is 2.48. The van der Waals surface area contributed by atoms with Crippen LogP contribution in [-0.4, -0.2) is 0 Å². The van der Waals surface area contributed by atoms with Crippen LogP contribution in [0.4, 0.5) is 26.3 Å². The lowest BCUT2D eigenvalue weighted by molar-refractivity contribution is 0.368. The molecule has 78 valence electrons. The van der Waals surface area contributed by atoms with Gasteiger partial charge in [-0.25, -0.2) is 26.3 Å². The zero-order valence-corrected chi connectivity index (χ0v) is 6.68. The maximum atomic E-state index is 12.8. The third-order valence-electron chi connectivity index (χ3n) is 1.71. The maximum Gasteiger partial charge on any atom is 0.195 e. The van der Waals surface area contributed by atoms with Crippen molar-refractivity contribution in [2.24, 2.45) is 0 Å². The molecule has 0 radical (unpaired) electrons. The van der Waals surface area contributed by atoms with Gasteiger partial charge in [-0.1, -0.05) is 0 Å². The number of benzene rings is 1. The van der Waals surface area contributed by atoms with Crippen LogP contribution in [0.15, 0.2) is 0 Å². The van der Waals surface area contributed by atoms with Crippen LogP contribution in [0.3, 0.4) is 0 Å². The molecular weight excluding hydrogens is 210 g/mol. The molecule has 0 atom stereocenters. The zero-order valence-electron chi connectivity index (χ0n) is 6.68. The molecule has 0 saturated carbocycles. The minimum absolute atomic E-state index is 1.29. The minimum atomic E-state index is -2.06. The second-order valence-electron chi connectivity index (χ2n) is 2.48. The van der Waals surface area contributed by atoms with Crippen molar-refractivity contribution in [3.63, 3.8) is 0 Å². The molecule has 0 spiro atoms. The molecule has 0 amide bonds. The molecule has 0 unspecified atom stereocenters. The van der Waals surface area contributed by atoms with Crippen molar-refractivity contribution in [1.29, 1.82) is 0 Å². The maximum absolute atomic E-state index is 12.8. The molecule has 1 aromatic rings. The molecule has 0 heterocycles. The Morgan fingerprint density at radius 3 is 1.21 bits per heavy atom. The summed E-state index contributed by atoms with van der Waals surface area (Å²) in [6, 6.07) is 0. The van der Waals surface area contributed by atoms with Crippen LogP contribution in [0.1, 0.15) is 11.1 Å². The van der Waals surface area contributed by atoms with Gasteiger partial charge in [0.25, 0.3) is 0 Å². The molecule has 0 saturated heterocycles. The Morgan fingerprint density at radius 2 is 0.929 bits per heavy atom. The van der Waals surface area contributed by atoms with E-state index in [0.29, 0.717) is 0 Å². The lowest BCUT2D eigenvalue weighted by Gasteiger charge is -2.07. The van der Waals surface area contributed by atoms with Crippen molar-refractivity contribution in [2.45, 2.75) is 13.3 Å². The number of hydrogen-bond donors (Lipinski definition) is 0. The topological polar surface area (TPSA) is 0 Å². The molecule has 0 fully saturated rings. The molecule has 1 rings (SSSR count). The third kappa shape index (κ3) is 1.44. The van der Waals surface area contributed by atoms with Crippen molar-refractivity contribution in [2.75, 3.05) is 0 Å². The monoisotopic (exact) mass is 214 g/mol. The van der Waals surface area contributed by atoms with E-state index in [0.717, 1.165) is 0 Å². The molecule has 0 bridgehead atoms. The number of halogens is 6. The van der Waals surface area contributed by atoms with Crippen LogP contribution in [0.5, 0.6) is 0 Å². The highest BCUT2D eigenvalue weighted by atomic mass is 19.2. The summed E-state index contributed by atoms with van der Waals surface area (Å²) in [6.07, 6.45) is 0. The molecule has 14 heavy (non-hydrogen) atoms. The van der Waals surface area contributed by atoms with E-state index in [1.54, 1.807) is 0 Å². The summed E-state index contributed by atoms with van der Waals surface area (Å²) >= 11 is 0. The SMILES string of the molecule is FCc1c(F)c(F)c(F)c(CF)c1F.